The lowest BCUT2D eigenvalue weighted by Crippen LogP contribution is -2.51. The molecule has 1 nitrogen and oxygen atoms in total. The molecular weight excluding hydrogens is 218 g/mol. The molecule has 0 bridgehead atoms. The summed E-state index contributed by atoms with van der Waals surface area (Å²) in [6.07, 6.45) is 5.91. The minimum Gasteiger partial charge on any atom is -0.303 e. The van der Waals surface area contributed by atoms with Gasteiger partial charge in [0.2, 0.25) is 0 Å². The Morgan fingerprint density at radius 1 is 0.944 bits per heavy atom. The van der Waals surface area contributed by atoms with E-state index in [-0.39, 0.29) is 0 Å². The van der Waals surface area contributed by atoms with Crippen LogP contribution in [-0.2, 0) is 0 Å². The second kappa shape index (κ2) is 4.51. The quantitative estimate of drug-likeness (QED) is 0.660. The fourth-order valence-electron chi connectivity index (χ4n) is 3.86. The van der Waals surface area contributed by atoms with Crippen LogP contribution < -0.4 is 0 Å². The standard InChI is InChI=1S/C17H33N/c1-15(2,3)13-18-9-7-17(8-10-18)11-14(12-17)16(4,5)6/h14H,7-13H2,1-6H3. The molecule has 0 unspecified atom stereocenters. The van der Waals surface area contributed by atoms with Gasteiger partial charge in [0, 0.05) is 6.54 Å². The van der Waals surface area contributed by atoms with Crippen LogP contribution in [0.25, 0.3) is 0 Å². The molecule has 0 aromatic carbocycles. The largest absolute Gasteiger partial charge is 0.303 e. The Bertz CT molecular complexity index is 276. The molecule has 1 saturated carbocycles. The van der Waals surface area contributed by atoms with Gasteiger partial charge in [-0.2, -0.15) is 0 Å². The smallest absolute Gasteiger partial charge is 0.00300 e. The first-order chi connectivity index (χ1) is 8.10. The van der Waals surface area contributed by atoms with E-state index in [9.17, 15) is 0 Å². The highest BCUT2D eigenvalue weighted by molar-refractivity contribution is 5.00. The van der Waals surface area contributed by atoms with E-state index in [2.05, 4.69) is 46.4 Å². The van der Waals surface area contributed by atoms with Gasteiger partial charge < -0.3 is 4.90 Å². The van der Waals surface area contributed by atoms with Crippen molar-refractivity contribution >= 4 is 0 Å². The predicted molar refractivity (Wildman–Crippen MR) is 79.7 cm³/mol. The normalized spacial score (nSPS) is 26.3. The van der Waals surface area contributed by atoms with Gasteiger partial charge in [0.05, 0.1) is 0 Å². The Morgan fingerprint density at radius 3 is 1.83 bits per heavy atom. The van der Waals surface area contributed by atoms with Gasteiger partial charge in [-0.25, -0.2) is 0 Å². The van der Waals surface area contributed by atoms with Gasteiger partial charge in [0.1, 0.15) is 0 Å². The van der Waals surface area contributed by atoms with Crippen LogP contribution in [0.4, 0.5) is 0 Å². The molecule has 18 heavy (non-hydrogen) atoms. The van der Waals surface area contributed by atoms with E-state index in [4.69, 9.17) is 0 Å². The average Bonchev–Trinajstić information content (AvgIpc) is 2.11. The summed E-state index contributed by atoms with van der Waals surface area (Å²) in [7, 11) is 0. The molecule has 1 heterocycles. The predicted octanol–water partition coefficient (Wildman–Crippen LogP) is 4.57. The van der Waals surface area contributed by atoms with Crippen LogP contribution in [0.2, 0.25) is 0 Å². The van der Waals surface area contributed by atoms with Crippen molar-refractivity contribution in [3.05, 3.63) is 0 Å². The van der Waals surface area contributed by atoms with Gasteiger partial charge in [-0.3, -0.25) is 0 Å². The molecule has 0 aromatic heterocycles. The molecule has 0 amide bonds. The zero-order valence-corrected chi connectivity index (χ0v) is 13.5. The highest BCUT2D eigenvalue weighted by atomic mass is 15.1. The molecule has 2 aliphatic rings. The number of likely N-dealkylation sites (tertiary alicyclic amines) is 1. The molecular formula is C17H33N. The number of piperidine rings is 1. The van der Waals surface area contributed by atoms with E-state index in [1.165, 1.54) is 45.3 Å². The third-order valence-corrected chi connectivity index (χ3v) is 5.20. The van der Waals surface area contributed by atoms with Crippen molar-refractivity contribution in [3.8, 4) is 0 Å². The van der Waals surface area contributed by atoms with Gasteiger partial charge in [-0.1, -0.05) is 41.5 Å². The summed E-state index contributed by atoms with van der Waals surface area (Å²) < 4.78 is 0. The van der Waals surface area contributed by atoms with Gasteiger partial charge in [-0.05, 0) is 60.9 Å². The number of hydrogen-bond acceptors (Lipinski definition) is 1. The van der Waals surface area contributed by atoms with E-state index in [0.717, 1.165) is 11.3 Å². The fourth-order valence-corrected chi connectivity index (χ4v) is 3.86. The van der Waals surface area contributed by atoms with Gasteiger partial charge in [-0.15, -0.1) is 0 Å². The molecule has 1 aliphatic heterocycles. The van der Waals surface area contributed by atoms with E-state index < -0.39 is 0 Å². The Morgan fingerprint density at radius 2 is 1.44 bits per heavy atom. The molecule has 1 aliphatic carbocycles. The van der Waals surface area contributed by atoms with E-state index in [1.807, 2.05) is 0 Å². The first-order valence-corrected chi connectivity index (χ1v) is 7.82. The monoisotopic (exact) mass is 251 g/mol. The number of nitrogens with zero attached hydrogens (tertiary/aromatic N) is 1. The van der Waals surface area contributed by atoms with E-state index in [1.54, 1.807) is 0 Å². The fraction of sp³-hybridized carbons (Fsp3) is 1.00. The highest BCUT2D eigenvalue weighted by Gasteiger charge is 2.49. The number of hydrogen-bond donors (Lipinski definition) is 0. The molecule has 0 N–H and O–H groups in total. The van der Waals surface area contributed by atoms with Gasteiger partial charge in [0.15, 0.2) is 0 Å². The molecule has 106 valence electrons. The summed E-state index contributed by atoms with van der Waals surface area (Å²) in [4.78, 5) is 2.69. The molecule has 0 aromatic rings. The molecule has 0 atom stereocenters. The Kier molecular flexibility index (Phi) is 3.60. The lowest BCUT2D eigenvalue weighted by Gasteiger charge is -2.56. The lowest BCUT2D eigenvalue weighted by atomic mass is 9.52. The van der Waals surface area contributed by atoms with Gasteiger partial charge >= 0.3 is 0 Å². The van der Waals surface area contributed by atoms with Gasteiger partial charge in [0.25, 0.3) is 0 Å². The molecule has 0 radical (unpaired) electrons. The summed E-state index contributed by atoms with van der Waals surface area (Å²) in [5, 5.41) is 0. The topological polar surface area (TPSA) is 3.24 Å². The molecule has 1 heteroatoms. The first-order valence-electron chi connectivity index (χ1n) is 7.82. The van der Waals surface area contributed by atoms with Crippen LogP contribution in [0.3, 0.4) is 0 Å². The van der Waals surface area contributed by atoms with Crippen molar-refractivity contribution in [1.82, 2.24) is 4.90 Å². The molecule has 2 rings (SSSR count). The Hall–Kier alpha value is -0.0400. The second-order valence-corrected chi connectivity index (χ2v) is 9.31. The number of rotatable bonds is 1. The summed E-state index contributed by atoms with van der Waals surface area (Å²) in [6, 6.07) is 0. The van der Waals surface area contributed by atoms with Crippen molar-refractivity contribution < 1.29 is 0 Å². The summed E-state index contributed by atoms with van der Waals surface area (Å²) in [5.74, 6) is 0.978. The molecule has 1 spiro atoms. The van der Waals surface area contributed by atoms with Crippen molar-refractivity contribution in [1.29, 1.82) is 0 Å². The van der Waals surface area contributed by atoms with Crippen LogP contribution in [0, 0.1) is 22.2 Å². The molecule has 2 fully saturated rings. The average molecular weight is 251 g/mol. The van der Waals surface area contributed by atoms with Crippen LogP contribution in [-0.4, -0.2) is 24.5 Å². The summed E-state index contributed by atoms with van der Waals surface area (Å²) in [5.41, 5.74) is 1.73. The maximum atomic E-state index is 2.69. The maximum absolute atomic E-state index is 2.69. The van der Waals surface area contributed by atoms with Crippen LogP contribution in [0.5, 0.6) is 0 Å². The summed E-state index contributed by atoms with van der Waals surface area (Å²) in [6.45, 7) is 18.3. The van der Waals surface area contributed by atoms with Crippen LogP contribution in [0.1, 0.15) is 67.2 Å². The van der Waals surface area contributed by atoms with Crippen LogP contribution in [0.15, 0.2) is 0 Å². The van der Waals surface area contributed by atoms with Crippen molar-refractivity contribution in [2.75, 3.05) is 19.6 Å². The zero-order chi connectivity index (χ0) is 13.6. The first kappa shape index (κ1) is 14.4. The Balaban J connectivity index is 1.79. The SMILES string of the molecule is CC(C)(C)CN1CCC2(CC1)CC(C(C)(C)C)C2. The summed E-state index contributed by atoms with van der Waals surface area (Å²) >= 11 is 0. The molecule has 1 saturated heterocycles. The maximum Gasteiger partial charge on any atom is 0.00300 e. The Labute approximate surface area is 114 Å². The minimum atomic E-state index is 0.456. The van der Waals surface area contributed by atoms with Crippen molar-refractivity contribution in [3.63, 3.8) is 0 Å². The zero-order valence-electron chi connectivity index (χ0n) is 13.5. The lowest BCUT2D eigenvalue weighted by molar-refractivity contribution is -0.0599. The minimum absolute atomic E-state index is 0.456. The van der Waals surface area contributed by atoms with Crippen LogP contribution >= 0.6 is 0 Å². The third kappa shape index (κ3) is 3.29. The third-order valence-electron chi connectivity index (χ3n) is 5.20. The van der Waals surface area contributed by atoms with Crippen molar-refractivity contribution in [2.24, 2.45) is 22.2 Å². The second-order valence-electron chi connectivity index (χ2n) is 9.31. The van der Waals surface area contributed by atoms with E-state index >= 15 is 0 Å². The highest BCUT2D eigenvalue weighted by Crippen LogP contribution is 2.57. The van der Waals surface area contributed by atoms with Crippen molar-refractivity contribution in [2.45, 2.75) is 67.2 Å². The van der Waals surface area contributed by atoms with E-state index in [0.29, 0.717) is 10.8 Å².